The molecule has 8 heteroatoms. The van der Waals surface area contributed by atoms with Gasteiger partial charge in [-0.1, -0.05) is 0 Å². The van der Waals surface area contributed by atoms with Gasteiger partial charge in [0.25, 0.3) is 5.95 Å². The number of nitrogens with one attached hydrogen (secondary N) is 2. The number of hydrogen-bond donors (Lipinski definition) is 3. The van der Waals surface area contributed by atoms with Crippen LogP contribution in [0.2, 0.25) is 0 Å². The molecule has 0 unspecified atom stereocenters. The molecule has 3 N–H and O–H groups in total. The Hall–Kier alpha value is -2.61. The van der Waals surface area contributed by atoms with Gasteiger partial charge in [-0.3, -0.25) is 15.2 Å². The zero-order valence-electron chi connectivity index (χ0n) is 9.53. The minimum Gasteiger partial charge on any atom is -0.506 e. The number of fused-ring (bicyclic) bond motifs is 1. The summed E-state index contributed by atoms with van der Waals surface area (Å²) < 4.78 is 0.311. The third-order valence-corrected chi connectivity index (χ3v) is 2.66. The molecule has 1 aromatic carbocycles. The number of azo groups is 1. The van der Waals surface area contributed by atoms with Crippen molar-refractivity contribution in [3.63, 3.8) is 0 Å². The third kappa shape index (κ3) is 2.20. The summed E-state index contributed by atoms with van der Waals surface area (Å²) in [6, 6.07) is 6.76. The van der Waals surface area contributed by atoms with E-state index in [1.54, 1.807) is 18.3 Å². The number of hydrogen-bond acceptors (Lipinski definition) is 6. The predicted molar refractivity (Wildman–Crippen MR) is 71.4 cm³/mol. The molecule has 3 aromatic rings. The minimum absolute atomic E-state index is 0.105. The highest BCUT2D eigenvalue weighted by Crippen LogP contribution is 2.31. The van der Waals surface area contributed by atoms with Crippen molar-refractivity contribution in [2.24, 2.45) is 10.2 Å². The summed E-state index contributed by atoms with van der Waals surface area (Å²) in [5.74, 6) is 0.392. The van der Waals surface area contributed by atoms with Crippen LogP contribution in [0.15, 0.2) is 40.7 Å². The second-order valence-electron chi connectivity index (χ2n) is 3.69. The molecule has 94 valence electrons. The Morgan fingerprint density at radius 3 is 2.84 bits per heavy atom. The van der Waals surface area contributed by atoms with E-state index in [0.29, 0.717) is 21.4 Å². The molecule has 0 amide bonds. The van der Waals surface area contributed by atoms with Gasteiger partial charge in [-0.2, -0.15) is 4.98 Å². The number of rotatable bonds is 2. The number of phenols is 1. The largest absolute Gasteiger partial charge is 0.506 e. The molecule has 0 aliphatic carbocycles. The summed E-state index contributed by atoms with van der Waals surface area (Å²) in [4.78, 5) is 8.00. The number of benzene rings is 1. The summed E-state index contributed by atoms with van der Waals surface area (Å²) in [6.45, 7) is 0. The normalized spacial score (nSPS) is 11.4. The number of nitrogens with zero attached hydrogens (tertiary/aromatic N) is 4. The topological polar surface area (TPSA) is 102 Å². The summed E-state index contributed by atoms with van der Waals surface area (Å²) in [5.41, 5.74) is 1.07. The fraction of sp³-hybridized carbons (Fsp3) is 0. The second-order valence-corrected chi connectivity index (χ2v) is 4.08. The smallest absolute Gasteiger partial charge is 0.264 e. The molecule has 3 rings (SSSR count). The first-order valence-electron chi connectivity index (χ1n) is 5.37. The first kappa shape index (κ1) is 11.5. The van der Waals surface area contributed by atoms with Crippen molar-refractivity contribution < 1.29 is 5.11 Å². The van der Waals surface area contributed by atoms with Crippen LogP contribution in [-0.2, 0) is 0 Å². The van der Waals surface area contributed by atoms with Crippen LogP contribution < -0.4 is 0 Å². The van der Waals surface area contributed by atoms with E-state index in [0.717, 1.165) is 0 Å². The fourth-order valence-electron chi connectivity index (χ4n) is 1.64. The lowest BCUT2D eigenvalue weighted by Crippen LogP contribution is -1.79. The quantitative estimate of drug-likeness (QED) is 0.492. The second kappa shape index (κ2) is 4.58. The Morgan fingerprint density at radius 2 is 2.05 bits per heavy atom. The Morgan fingerprint density at radius 1 is 1.16 bits per heavy atom. The molecule has 7 nitrogen and oxygen atoms in total. The molecule has 0 radical (unpaired) electrons. The number of aromatic hydroxyl groups is 1. The van der Waals surface area contributed by atoms with E-state index in [9.17, 15) is 5.11 Å². The molecule has 2 aromatic heterocycles. The van der Waals surface area contributed by atoms with Gasteiger partial charge >= 0.3 is 0 Å². The summed E-state index contributed by atoms with van der Waals surface area (Å²) in [5, 5.41) is 23.7. The highest BCUT2D eigenvalue weighted by molar-refractivity contribution is 7.71. The molecular weight excluding hydrogens is 264 g/mol. The Bertz CT molecular complexity index is 821. The van der Waals surface area contributed by atoms with E-state index in [2.05, 4.69) is 30.4 Å². The van der Waals surface area contributed by atoms with Gasteiger partial charge in [-0.25, -0.2) is 0 Å². The molecular formula is C11H8N6OS. The predicted octanol–water partition coefficient (Wildman–Crippen LogP) is 3.14. The first-order chi connectivity index (χ1) is 9.24. The van der Waals surface area contributed by atoms with Gasteiger partial charge in [0.1, 0.15) is 11.3 Å². The molecule has 0 aliphatic rings. The Balaban J connectivity index is 2.08. The summed E-state index contributed by atoms with van der Waals surface area (Å²) in [6.07, 6.45) is 1.61. The van der Waals surface area contributed by atoms with Crippen LogP contribution in [0.1, 0.15) is 0 Å². The fourth-order valence-corrected chi connectivity index (χ4v) is 1.78. The highest BCUT2D eigenvalue weighted by Gasteiger charge is 2.05. The maximum absolute atomic E-state index is 9.71. The van der Waals surface area contributed by atoms with Crippen molar-refractivity contribution in [3.05, 3.63) is 35.2 Å². The van der Waals surface area contributed by atoms with Gasteiger partial charge in [-0.15, -0.1) is 10.2 Å². The van der Waals surface area contributed by atoms with Gasteiger partial charge < -0.3 is 5.11 Å². The lowest BCUT2D eigenvalue weighted by molar-refractivity contribution is 0.480. The van der Waals surface area contributed by atoms with Crippen LogP contribution in [0.4, 0.5) is 11.6 Å². The van der Waals surface area contributed by atoms with Crippen molar-refractivity contribution in [1.29, 1.82) is 0 Å². The van der Waals surface area contributed by atoms with E-state index >= 15 is 0 Å². The van der Waals surface area contributed by atoms with Crippen molar-refractivity contribution >= 4 is 34.8 Å². The zero-order valence-corrected chi connectivity index (χ0v) is 10.3. The van der Waals surface area contributed by atoms with Crippen LogP contribution in [0.5, 0.6) is 5.75 Å². The van der Waals surface area contributed by atoms with E-state index in [1.165, 1.54) is 6.07 Å². The number of phenolic OH excluding ortho intramolecular Hbond substituents is 1. The number of H-pyrrole nitrogens is 2. The SMILES string of the molecule is Oc1ccc(N=Nc2nc(=S)[nH][nH]2)c2cccnc12. The molecule has 0 atom stereocenters. The molecule has 0 spiro atoms. The van der Waals surface area contributed by atoms with Gasteiger partial charge in [-0.05, 0) is 36.5 Å². The van der Waals surface area contributed by atoms with E-state index < -0.39 is 0 Å². The molecule has 0 saturated heterocycles. The van der Waals surface area contributed by atoms with Crippen LogP contribution in [0.3, 0.4) is 0 Å². The Kier molecular flexibility index (Phi) is 2.76. The lowest BCUT2D eigenvalue weighted by Gasteiger charge is -2.01. The molecule has 0 saturated carbocycles. The summed E-state index contributed by atoms with van der Waals surface area (Å²) in [7, 11) is 0. The average molecular weight is 272 g/mol. The van der Waals surface area contributed by atoms with Crippen molar-refractivity contribution in [3.8, 4) is 5.75 Å². The highest BCUT2D eigenvalue weighted by atomic mass is 32.1. The van der Waals surface area contributed by atoms with E-state index in [-0.39, 0.29) is 11.7 Å². The average Bonchev–Trinajstić information content (AvgIpc) is 2.84. The third-order valence-electron chi connectivity index (χ3n) is 2.47. The summed E-state index contributed by atoms with van der Waals surface area (Å²) >= 11 is 4.82. The standard InChI is InChI=1S/C11H8N6OS/c18-8-4-3-7(6-2-1-5-12-9(6)8)14-15-10-13-11(19)17-16-10/h1-5,18H,(H2,13,16,17,19). The van der Waals surface area contributed by atoms with Crippen LogP contribution in [-0.4, -0.2) is 25.3 Å². The van der Waals surface area contributed by atoms with Crippen LogP contribution in [0, 0.1) is 4.77 Å². The molecule has 19 heavy (non-hydrogen) atoms. The van der Waals surface area contributed by atoms with Gasteiger partial charge in [0.2, 0.25) is 4.77 Å². The first-order valence-corrected chi connectivity index (χ1v) is 5.78. The van der Waals surface area contributed by atoms with Crippen molar-refractivity contribution in [2.45, 2.75) is 0 Å². The molecule has 0 fully saturated rings. The van der Waals surface area contributed by atoms with Crippen LogP contribution >= 0.6 is 12.2 Å². The van der Waals surface area contributed by atoms with Crippen molar-refractivity contribution in [2.75, 3.05) is 0 Å². The monoisotopic (exact) mass is 272 g/mol. The lowest BCUT2D eigenvalue weighted by atomic mass is 10.2. The zero-order chi connectivity index (χ0) is 13.2. The van der Waals surface area contributed by atoms with Crippen LogP contribution in [0.25, 0.3) is 10.9 Å². The van der Waals surface area contributed by atoms with Crippen molar-refractivity contribution in [1.82, 2.24) is 20.2 Å². The Labute approximate surface area is 112 Å². The minimum atomic E-state index is 0.105. The van der Waals surface area contributed by atoms with Gasteiger partial charge in [0.05, 0.1) is 5.69 Å². The molecule has 2 heterocycles. The number of pyridine rings is 1. The van der Waals surface area contributed by atoms with Gasteiger partial charge in [0, 0.05) is 11.6 Å². The molecule has 0 aliphatic heterocycles. The maximum Gasteiger partial charge on any atom is 0.264 e. The van der Waals surface area contributed by atoms with E-state index in [4.69, 9.17) is 12.2 Å². The maximum atomic E-state index is 9.71. The van der Waals surface area contributed by atoms with E-state index in [1.807, 2.05) is 6.07 Å². The number of aromatic amines is 2. The molecule has 0 bridgehead atoms. The number of aromatic nitrogens is 4. The van der Waals surface area contributed by atoms with Gasteiger partial charge in [0.15, 0.2) is 0 Å².